The molecule has 0 N–H and O–H groups in total. The molecule has 0 bridgehead atoms. The van der Waals surface area contributed by atoms with Gasteiger partial charge in [-0.3, -0.25) is 4.79 Å². The summed E-state index contributed by atoms with van der Waals surface area (Å²) in [7, 11) is 1.58. The van der Waals surface area contributed by atoms with Crippen molar-refractivity contribution in [2.24, 2.45) is 0 Å². The van der Waals surface area contributed by atoms with Crippen LogP contribution in [0.2, 0.25) is 0 Å². The Hall–Kier alpha value is -2.55. The zero-order valence-electron chi connectivity index (χ0n) is 19.6. The van der Waals surface area contributed by atoms with Crippen molar-refractivity contribution in [3.8, 4) is 0 Å². The highest BCUT2D eigenvalue weighted by molar-refractivity contribution is 5.70. The van der Waals surface area contributed by atoms with Crippen LogP contribution in [-0.2, 0) is 46.4 Å². The Bertz CT molecular complexity index is 933. The van der Waals surface area contributed by atoms with Crippen molar-refractivity contribution in [2.75, 3.05) is 13.7 Å². The third-order valence-corrected chi connectivity index (χ3v) is 6.06. The first-order valence-corrected chi connectivity index (χ1v) is 11.6. The Labute approximate surface area is 200 Å². The second-order valence-electron chi connectivity index (χ2n) is 8.36. The first kappa shape index (κ1) is 24.6. The summed E-state index contributed by atoms with van der Waals surface area (Å²) < 4.78 is 36.0. The smallest absolute Gasteiger partial charge is 0.308 e. The van der Waals surface area contributed by atoms with Crippen LogP contribution < -0.4 is 0 Å². The zero-order valence-corrected chi connectivity index (χ0v) is 19.6. The van der Waals surface area contributed by atoms with E-state index in [0.717, 1.165) is 11.1 Å². The minimum atomic E-state index is -0.688. The lowest BCUT2D eigenvalue weighted by Crippen LogP contribution is -2.58. The molecule has 6 atom stereocenters. The molecule has 2 aromatic carbocycles. The normalized spacial score (nSPS) is 28.5. The van der Waals surface area contributed by atoms with Gasteiger partial charge >= 0.3 is 5.97 Å². The summed E-state index contributed by atoms with van der Waals surface area (Å²) in [6, 6.07) is 19.8. The maximum absolute atomic E-state index is 12.1. The van der Waals surface area contributed by atoms with Gasteiger partial charge in [0.15, 0.2) is 6.29 Å². The van der Waals surface area contributed by atoms with Crippen LogP contribution in [-0.4, -0.2) is 56.5 Å². The van der Waals surface area contributed by atoms with Gasteiger partial charge < -0.3 is 28.4 Å². The van der Waals surface area contributed by atoms with Gasteiger partial charge in [0, 0.05) is 7.11 Å². The molecule has 0 spiro atoms. The van der Waals surface area contributed by atoms with Crippen molar-refractivity contribution in [2.45, 2.75) is 63.4 Å². The number of fused-ring (bicyclic) bond motifs is 1. The largest absolute Gasteiger partial charge is 0.466 e. The SMILES string of the molecule is C=C1[C@H]2O[C@H](OC)[C@H](OCc3ccccc3)[C@@H](OCc3ccccc3)[C@@H]2O[C@@H]1CC(=O)OCC. The van der Waals surface area contributed by atoms with Crippen LogP contribution in [0, 0.1) is 0 Å². The van der Waals surface area contributed by atoms with Gasteiger partial charge in [0.25, 0.3) is 0 Å². The van der Waals surface area contributed by atoms with Crippen molar-refractivity contribution >= 4 is 5.97 Å². The van der Waals surface area contributed by atoms with Gasteiger partial charge in [0.05, 0.1) is 32.3 Å². The zero-order chi connectivity index (χ0) is 23.9. The molecule has 34 heavy (non-hydrogen) atoms. The van der Waals surface area contributed by atoms with Gasteiger partial charge in [-0.05, 0) is 23.6 Å². The van der Waals surface area contributed by atoms with Crippen LogP contribution in [0.15, 0.2) is 72.8 Å². The van der Waals surface area contributed by atoms with E-state index >= 15 is 0 Å². The summed E-state index contributed by atoms with van der Waals surface area (Å²) >= 11 is 0. The molecule has 0 radical (unpaired) electrons. The number of esters is 1. The number of rotatable bonds is 10. The van der Waals surface area contributed by atoms with Crippen molar-refractivity contribution < 1.29 is 33.2 Å². The molecule has 2 saturated heterocycles. The van der Waals surface area contributed by atoms with Crippen LogP contribution in [0.3, 0.4) is 0 Å². The number of methoxy groups -OCH3 is 1. The highest BCUT2D eigenvalue weighted by Gasteiger charge is 2.54. The van der Waals surface area contributed by atoms with Crippen molar-refractivity contribution in [3.05, 3.63) is 83.9 Å². The molecular formula is C27H32O7. The summed E-state index contributed by atoms with van der Waals surface area (Å²) in [5.41, 5.74) is 2.73. The van der Waals surface area contributed by atoms with Gasteiger partial charge in [-0.1, -0.05) is 67.2 Å². The first-order chi connectivity index (χ1) is 16.6. The van der Waals surface area contributed by atoms with Crippen LogP contribution in [0.25, 0.3) is 0 Å². The Kier molecular flexibility index (Phi) is 8.48. The van der Waals surface area contributed by atoms with E-state index in [0.29, 0.717) is 25.4 Å². The van der Waals surface area contributed by atoms with Crippen LogP contribution in [0.4, 0.5) is 0 Å². The number of carbonyl (C=O) groups is 1. The van der Waals surface area contributed by atoms with E-state index in [9.17, 15) is 4.79 Å². The summed E-state index contributed by atoms with van der Waals surface area (Å²) in [4.78, 5) is 12.1. The van der Waals surface area contributed by atoms with Gasteiger partial charge in [0.2, 0.25) is 0 Å². The molecule has 4 rings (SSSR count). The molecule has 0 aliphatic carbocycles. The van der Waals surface area contributed by atoms with Gasteiger partial charge in [-0.15, -0.1) is 0 Å². The van der Waals surface area contributed by atoms with Gasteiger partial charge in [-0.2, -0.15) is 0 Å². The topological polar surface area (TPSA) is 72.5 Å². The maximum Gasteiger partial charge on any atom is 0.308 e. The molecule has 2 heterocycles. The molecule has 7 heteroatoms. The maximum atomic E-state index is 12.1. The number of carbonyl (C=O) groups excluding carboxylic acids is 1. The fourth-order valence-electron chi connectivity index (χ4n) is 4.36. The molecule has 0 amide bonds. The van der Waals surface area contributed by atoms with E-state index < -0.39 is 36.8 Å². The predicted octanol–water partition coefficient (Wildman–Crippen LogP) is 3.81. The van der Waals surface area contributed by atoms with Crippen LogP contribution >= 0.6 is 0 Å². The number of benzene rings is 2. The van der Waals surface area contributed by atoms with E-state index in [1.807, 2.05) is 60.7 Å². The van der Waals surface area contributed by atoms with Gasteiger partial charge in [-0.25, -0.2) is 0 Å². The Balaban J connectivity index is 1.55. The van der Waals surface area contributed by atoms with Crippen molar-refractivity contribution in [1.82, 2.24) is 0 Å². The highest BCUT2D eigenvalue weighted by atomic mass is 16.7. The summed E-state index contributed by atoms with van der Waals surface area (Å²) in [5, 5.41) is 0. The van der Waals surface area contributed by atoms with E-state index in [-0.39, 0.29) is 12.4 Å². The van der Waals surface area contributed by atoms with E-state index in [1.54, 1.807) is 14.0 Å². The van der Waals surface area contributed by atoms with E-state index in [4.69, 9.17) is 28.4 Å². The lowest BCUT2D eigenvalue weighted by molar-refractivity contribution is -0.299. The second kappa shape index (κ2) is 11.7. The quantitative estimate of drug-likeness (QED) is 0.388. The number of hydrogen-bond donors (Lipinski definition) is 0. The molecule has 0 aromatic heterocycles. The van der Waals surface area contributed by atoms with Crippen LogP contribution in [0.1, 0.15) is 24.5 Å². The molecule has 2 aliphatic heterocycles. The average Bonchev–Trinajstić information content (AvgIpc) is 3.17. The third-order valence-electron chi connectivity index (χ3n) is 6.06. The molecule has 0 saturated carbocycles. The molecule has 7 nitrogen and oxygen atoms in total. The van der Waals surface area contributed by atoms with E-state index in [1.165, 1.54) is 0 Å². The lowest BCUT2D eigenvalue weighted by atomic mass is 9.94. The molecule has 182 valence electrons. The van der Waals surface area contributed by atoms with Crippen molar-refractivity contribution in [1.29, 1.82) is 0 Å². The van der Waals surface area contributed by atoms with Crippen LogP contribution in [0.5, 0.6) is 0 Å². The molecular weight excluding hydrogens is 436 g/mol. The Morgan fingerprint density at radius 3 is 2.06 bits per heavy atom. The molecule has 0 unspecified atom stereocenters. The minimum Gasteiger partial charge on any atom is -0.466 e. The second-order valence-corrected chi connectivity index (χ2v) is 8.36. The third kappa shape index (κ3) is 5.74. The highest BCUT2D eigenvalue weighted by Crippen LogP contribution is 2.40. The standard InChI is InChI=1S/C27H32O7/c1-4-30-22(28)15-21-18(2)23-25(33-21)24(31-16-19-11-7-5-8-12-19)26(27(29-3)34-23)32-17-20-13-9-6-10-14-20/h5-14,21,23-27H,2,4,15-17H2,1,3H3/t21-,23-,24+,25-,26-,27+/m1/s1. The predicted molar refractivity (Wildman–Crippen MR) is 125 cm³/mol. The van der Waals surface area contributed by atoms with Crippen molar-refractivity contribution in [3.63, 3.8) is 0 Å². The summed E-state index contributed by atoms with van der Waals surface area (Å²) in [5.74, 6) is -0.339. The Morgan fingerprint density at radius 1 is 0.912 bits per heavy atom. The fraction of sp³-hybridized carbons (Fsp3) is 0.444. The average molecular weight is 469 g/mol. The monoisotopic (exact) mass is 468 g/mol. The fourth-order valence-corrected chi connectivity index (χ4v) is 4.36. The van der Waals surface area contributed by atoms with E-state index in [2.05, 4.69) is 6.58 Å². The first-order valence-electron chi connectivity index (χ1n) is 11.6. The lowest BCUT2D eigenvalue weighted by Gasteiger charge is -2.42. The summed E-state index contributed by atoms with van der Waals surface area (Å²) in [6.45, 7) is 6.98. The number of ether oxygens (including phenoxy) is 6. The van der Waals surface area contributed by atoms with Gasteiger partial charge in [0.1, 0.15) is 24.4 Å². The summed E-state index contributed by atoms with van der Waals surface area (Å²) in [6.07, 6.45) is -3.18. The molecule has 2 fully saturated rings. The molecule has 2 aromatic rings. The molecule has 2 aliphatic rings. The number of hydrogen-bond acceptors (Lipinski definition) is 7. The minimum absolute atomic E-state index is 0.0711. The Morgan fingerprint density at radius 2 is 1.50 bits per heavy atom.